The number of anilines is 1. The molecule has 0 saturated carbocycles. The first-order chi connectivity index (χ1) is 8.29. The Hall–Kier alpha value is -2.06. The number of aromatic nitrogens is 3. The Morgan fingerprint density at radius 3 is 3.06 bits per heavy atom. The van der Waals surface area contributed by atoms with Crippen LogP contribution >= 0.6 is 11.3 Å². The molecule has 7 nitrogen and oxygen atoms in total. The number of thiazole rings is 1. The van der Waals surface area contributed by atoms with Crippen LogP contribution in [-0.4, -0.2) is 20.9 Å². The largest absolute Gasteiger partial charge is 0.345 e. The van der Waals surface area contributed by atoms with Crippen molar-refractivity contribution in [3.63, 3.8) is 0 Å². The molecule has 0 radical (unpaired) electrons. The number of hydrogen-bond donors (Lipinski definition) is 3. The molecule has 1 amide bonds. The quantitative estimate of drug-likeness (QED) is 0.527. The number of carbonyl (C=O) groups is 1. The van der Waals surface area contributed by atoms with E-state index in [9.17, 15) is 4.79 Å². The van der Waals surface area contributed by atoms with Crippen LogP contribution in [0.3, 0.4) is 0 Å². The van der Waals surface area contributed by atoms with Gasteiger partial charge in [0, 0.05) is 5.38 Å². The predicted molar refractivity (Wildman–Crippen MR) is 63.1 cm³/mol. The molecule has 0 saturated heterocycles. The number of hydrogen-bond acceptors (Lipinski definition) is 7. The van der Waals surface area contributed by atoms with Crippen LogP contribution in [0.25, 0.3) is 0 Å². The van der Waals surface area contributed by atoms with Gasteiger partial charge < -0.3 is 10.7 Å². The summed E-state index contributed by atoms with van der Waals surface area (Å²) in [6.07, 6.45) is 2.80. The summed E-state index contributed by atoms with van der Waals surface area (Å²) in [4.78, 5) is 23.6. The lowest BCUT2D eigenvalue weighted by molar-refractivity contribution is 0.0945. The van der Waals surface area contributed by atoms with Crippen molar-refractivity contribution >= 4 is 23.1 Å². The number of rotatable bonds is 4. The molecule has 0 aromatic carbocycles. The normalized spacial score (nSPS) is 9.94. The van der Waals surface area contributed by atoms with E-state index in [1.54, 1.807) is 5.51 Å². The molecule has 88 valence electrons. The van der Waals surface area contributed by atoms with E-state index in [1.807, 2.05) is 5.38 Å². The monoisotopic (exact) mass is 250 g/mol. The van der Waals surface area contributed by atoms with E-state index >= 15 is 0 Å². The summed E-state index contributed by atoms with van der Waals surface area (Å²) in [6, 6.07) is 0. The predicted octanol–water partition coefficient (Wildman–Crippen LogP) is 0.149. The first kappa shape index (κ1) is 11.4. The zero-order chi connectivity index (χ0) is 12.1. The lowest BCUT2D eigenvalue weighted by Crippen LogP contribution is -2.24. The van der Waals surface area contributed by atoms with E-state index in [2.05, 4.69) is 25.7 Å². The number of nitrogens with two attached hydrogens (primary N) is 1. The maximum absolute atomic E-state index is 11.7. The molecule has 0 bridgehead atoms. The molecule has 2 aromatic heterocycles. The van der Waals surface area contributed by atoms with E-state index in [0.717, 1.165) is 5.69 Å². The minimum Gasteiger partial charge on any atom is -0.345 e. The fourth-order valence-corrected chi connectivity index (χ4v) is 1.69. The average Bonchev–Trinajstić information content (AvgIpc) is 2.89. The van der Waals surface area contributed by atoms with Crippen LogP contribution in [0.5, 0.6) is 0 Å². The van der Waals surface area contributed by atoms with Crippen LogP contribution in [0.2, 0.25) is 0 Å². The van der Waals surface area contributed by atoms with Gasteiger partial charge in [-0.3, -0.25) is 9.78 Å². The summed E-state index contributed by atoms with van der Waals surface area (Å²) in [5.74, 6) is 5.20. The van der Waals surface area contributed by atoms with Crippen molar-refractivity contribution in [3.8, 4) is 0 Å². The van der Waals surface area contributed by atoms with E-state index in [0.29, 0.717) is 12.4 Å². The number of hydrazine groups is 1. The second-order valence-electron chi connectivity index (χ2n) is 3.10. The van der Waals surface area contributed by atoms with Crippen molar-refractivity contribution in [2.45, 2.75) is 6.54 Å². The van der Waals surface area contributed by atoms with Crippen molar-refractivity contribution < 1.29 is 4.79 Å². The summed E-state index contributed by atoms with van der Waals surface area (Å²) in [6.45, 7) is 0.365. The summed E-state index contributed by atoms with van der Waals surface area (Å²) in [5, 5.41) is 4.55. The fourth-order valence-electron chi connectivity index (χ4n) is 1.13. The van der Waals surface area contributed by atoms with Gasteiger partial charge in [-0.1, -0.05) is 0 Å². The van der Waals surface area contributed by atoms with Crippen molar-refractivity contribution in [2.75, 3.05) is 5.43 Å². The Morgan fingerprint density at radius 1 is 1.47 bits per heavy atom. The van der Waals surface area contributed by atoms with E-state index in [-0.39, 0.29) is 11.6 Å². The van der Waals surface area contributed by atoms with Crippen LogP contribution in [0.4, 0.5) is 5.82 Å². The van der Waals surface area contributed by atoms with Gasteiger partial charge in [0.1, 0.15) is 5.69 Å². The first-order valence-electron chi connectivity index (χ1n) is 4.73. The molecule has 4 N–H and O–H groups in total. The van der Waals surface area contributed by atoms with Crippen LogP contribution in [0.15, 0.2) is 23.3 Å². The molecular formula is C9H10N6OS. The molecule has 0 aliphatic carbocycles. The van der Waals surface area contributed by atoms with Gasteiger partial charge in [0.25, 0.3) is 5.91 Å². The van der Waals surface area contributed by atoms with Crippen molar-refractivity contribution in [1.29, 1.82) is 0 Å². The topological polar surface area (TPSA) is 106 Å². The molecule has 0 fully saturated rings. The first-order valence-corrected chi connectivity index (χ1v) is 5.68. The Balaban J connectivity index is 1.99. The molecule has 17 heavy (non-hydrogen) atoms. The van der Waals surface area contributed by atoms with Gasteiger partial charge in [-0.15, -0.1) is 11.3 Å². The molecule has 8 heteroatoms. The second-order valence-corrected chi connectivity index (χ2v) is 3.82. The van der Waals surface area contributed by atoms with Crippen molar-refractivity contribution in [1.82, 2.24) is 20.3 Å². The molecule has 0 unspecified atom stereocenters. The van der Waals surface area contributed by atoms with Gasteiger partial charge in [-0.25, -0.2) is 15.8 Å². The molecule has 0 aliphatic rings. The molecule has 0 aliphatic heterocycles. The zero-order valence-electron chi connectivity index (χ0n) is 8.75. The molecule has 0 atom stereocenters. The van der Waals surface area contributed by atoms with E-state index < -0.39 is 0 Å². The van der Waals surface area contributed by atoms with Crippen LogP contribution < -0.4 is 16.6 Å². The number of amides is 1. The highest BCUT2D eigenvalue weighted by Crippen LogP contribution is 2.02. The highest BCUT2D eigenvalue weighted by Gasteiger charge is 2.08. The molecule has 2 heterocycles. The molecule has 2 aromatic rings. The Morgan fingerprint density at radius 2 is 2.35 bits per heavy atom. The standard InChI is InChI=1S/C9H10N6OS/c10-15-8-3-11-2-7(14-8)9(16)12-1-6-4-17-5-13-6/h2-5H,1,10H2,(H,12,16)(H,14,15). The van der Waals surface area contributed by atoms with Crippen molar-refractivity contribution in [2.24, 2.45) is 5.84 Å². The molecule has 2 rings (SSSR count). The highest BCUT2D eigenvalue weighted by atomic mass is 32.1. The maximum atomic E-state index is 11.7. The lowest BCUT2D eigenvalue weighted by atomic mass is 10.4. The van der Waals surface area contributed by atoms with Crippen molar-refractivity contribution in [3.05, 3.63) is 34.7 Å². The number of carbonyl (C=O) groups excluding carboxylic acids is 1. The third kappa shape index (κ3) is 2.95. The van der Waals surface area contributed by atoms with Gasteiger partial charge in [-0.05, 0) is 0 Å². The zero-order valence-corrected chi connectivity index (χ0v) is 9.57. The number of nitrogens with one attached hydrogen (secondary N) is 2. The summed E-state index contributed by atoms with van der Waals surface area (Å²) in [5.41, 5.74) is 5.05. The van der Waals surface area contributed by atoms with E-state index in [4.69, 9.17) is 5.84 Å². The molecular weight excluding hydrogens is 240 g/mol. The highest BCUT2D eigenvalue weighted by molar-refractivity contribution is 7.07. The van der Waals surface area contributed by atoms with Crippen LogP contribution in [0, 0.1) is 0 Å². The third-order valence-electron chi connectivity index (χ3n) is 1.93. The van der Waals surface area contributed by atoms with Gasteiger partial charge in [0.15, 0.2) is 5.82 Å². The van der Waals surface area contributed by atoms with Gasteiger partial charge in [-0.2, -0.15) is 0 Å². The van der Waals surface area contributed by atoms with Crippen LogP contribution in [-0.2, 0) is 6.54 Å². The summed E-state index contributed by atoms with van der Waals surface area (Å²) in [7, 11) is 0. The van der Waals surface area contributed by atoms with Gasteiger partial charge >= 0.3 is 0 Å². The minimum absolute atomic E-state index is 0.204. The summed E-state index contributed by atoms with van der Waals surface area (Å²) < 4.78 is 0. The number of nitrogens with zero attached hydrogens (tertiary/aromatic N) is 3. The Bertz CT molecular complexity index is 500. The SMILES string of the molecule is NNc1cncc(C(=O)NCc2cscn2)n1. The second kappa shape index (κ2) is 5.32. The van der Waals surface area contributed by atoms with Crippen LogP contribution in [0.1, 0.15) is 16.2 Å². The third-order valence-corrected chi connectivity index (χ3v) is 2.56. The smallest absolute Gasteiger partial charge is 0.271 e. The Labute approximate surface area is 101 Å². The average molecular weight is 250 g/mol. The maximum Gasteiger partial charge on any atom is 0.271 e. The van der Waals surface area contributed by atoms with Gasteiger partial charge in [0.2, 0.25) is 0 Å². The summed E-state index contributed by atoms with van der Waals surface area (Å²) >= 11 is 1.48. The Kier molecular flexibility index (Phi) is 3.58. The minimum atomic E-state index is -0.317. The fraction of sp³-hybridized carbons (Fsp3) is 0.111. The van der Waals surface area contributed by atoms with Gasteiger partial charge in [0.05, 0.1) is 30.1 Å². The van der Waals surface area contributed by atoms with E-state index in [1.165, 1.54) is 23.7 Å². The number of nitrogen functional groups attached to an aromatic ring is 1. The molecule has 0 spiro atoms. The lowest BCUT2D eigenvalue weighted by Gasteiger charge is -2.03.